The second-order valence-corrected chi connectivity index (χ2v) is 6.78. The molecule has 2 heteroatoms. The topological polar surface area (TPSA) is 15.3 Å². The Bertz CT molecular complexity index is 246. The lowest BCUT2D eigenvalue weighted by atomic mass is 9.78. The fourth-order valence-electron chi connectivity index (χ4n) is 4.00. The summed E-state index contributed by atoms with van der Waals surface area (Å²) in [5, 5.41) is 3.82. The first kappa shape index (κ1) is 15.3. The number of nitrogens with zero attached hydrogens (tertiary/aromatic N) is 1. The Balaban J connectivity index is 1.90. The minimum atomic E-state index is 0.524. The second kappa shape index (κ2) is 7.64. The van der Waals surface area contributed by atoms with E-state index in [1.54, 1.807) is 0 Å². The van der Waals surface area contributed by atoms with Gasteiger partial charge in [-0.15, -0.1) is 0 Å². The molecule has 1 heterocycles. The van der Waals surface area contributed by atoms with E-state index in [0.717, 1.165) is 6.04 Å². The molecular formula is C17H34N2. The van der Waals surface area contributed by atoms with E-state index < -0.39 is 0 Å². The molecule has 1 unspecified atom stereocenters. The Labute approximate surface area is 120 Å². The minimum absolute atomic E-state index is 0.524. The van der Waals surface area contributed by atoms with Crippen LogP contribution in [0.3, 0.4) is 0 Å². The normalized spacial score (nSPS) is 27.8. The van der Waals surface area contributed by atoms with Crippen LogP contribution < -0.4 is 5.32 Å². The van der Waals surface area contributed by atoms with Crippen LogP contribution in [0.15, 0.2) is 0 Å². The van der Waals surface area contributed by atoms with Gasteiger partial charge in [0.25, 0.3) is 0 Å². The fraction of sp³-hybridized carbons (Fsp3) is 1.00. The highest BCUT2D eigenvalue weighted by molar-refractivity contribution is 5.00. The van der Waals surface area contributed by atoms with Gasteiger partial charge in [-0.05, 0) is 32.2 Å². The van der Waals surface area contributed by atoms with Crippen molar-refractivity contribution in [2.45, 2.75) is 89.6 Å². The summed E-state index contributed by atoms with van der Waals surface area (Å²) in [6.45, 7) is 8.52. The van der Waals surface area contributed by atoms with E-state index in [2.05, 4.69) is 24.1 Å². The zero-order chi connectivity index (χ0) is 13.6. The Hall–Kier alpha value is -0.0800. The molecule has 112 valence electrons. The summed E-state index contributed by atoms with van der Waals surface area (Å²) in [5.74, 6) is 0. The maximum atomic E-state index is 3.82. The average Bonchev–Trinajstić information content (AvgIpc) is 2.46. The van der Waals surface area contributed by atoms with E-state index in [9.17, 15) is 0 Å². The van der Waals surface area contributed by atoms with Crippen LogP contribution in [0.2, 0.25) is 0 Å². The molecule has 1 spiro atoms. The molecule has 2 rings (SSSR count). The first-order valence-corrected chi connectivity index (χ1v) is 8.79. The van der Waals surface area contributed by atoms with Crippen LogP contribution in [-0.2, 0) is 0 Å². The highest BCUT2D eigenvalue weighted by Crippen LogP contribution is 2.35. The van der Waals surface area contributed by atoms with Crippen LogP contribution in [0.1, 0.15) is 78.1 Å². The second-order valence-electron chi connectivity index (χ2n) is 6.78. The molecule has 0 bridgehead atoms. The molecule has 1 atom stereocenters. The summed E-state index contributed by atoms with van der Waals surface area (Å²) >= 11 is 0. The number of piperazine rings is 1. The predicted molar refractivity (Wildman–Crippen MR) is 83.6 cm³/mol. The average molecular weight is 266 g/mol. The van der Waals surface area contributed by atoms with E-state index in [1.165, 1.54) is 83.8 Å². The standard InChI is InChI=1S/C17H34N2/c1-3-5-6-10-13-19-14-16(4-2)18-15-17(19)11-8-7-9-12-17/h16,18H,3-15H2,1-2H3. The first-order valence-electron chi connectivity index (χ1n) is 8.79. The van der Waals surface area contributed by atoms with Crippen molar-refractivity contribution in [3.05, 3.63) is 0 Å². The molecule has 2 fully saturated rings. The van der Waals surface area contributed by atoms with Gasteiger partial charge in [-0.1, -0.05) is 52.4 Å². The molecule has 2 nitrogen and oxygen atoms in total. The zero-order valence-corrected chi connectivity index (χ0v) is 13.2. The quantitative estimate of drug-likeness (QED) is 0.732. The highest BCUT2D eigenvalue weighted by Gasteiger charge is 2.41. The van der Waals surface area contributed by atoms with Crippen molar-refractivity contribution < 1.29 is 0 Å². The molecule has 2 aliphatic rings. The van der Waals surface area contributed by atoms with Gasteiger partial charge in [0, 0.05) is 24.7 Å². The van der Waals surface area contributed by atoms with Crippen LogP contribution in [0.4, 0.5) is 0 Å². The first-order chi connectivity index (χ1) is 9.30. The van der Waals surface area contributed by atoms with Crippen LogP contribution in [0, 0.1) is 0 Å². The zero-order valence-electron chi connectivity index (χ0n) is 13.2. The van der Waals surface area contributed by atoms with E-state index in [0.29, 0.717) is 5.54 Å². The molecule has 1 saturated carbocycles. The Morgan fingerprint density at radius 1 is 1.05 bits per heavy atom. The number of hydrogen-bond donors (Lipinski definition) is 1. The number of hydrogen-bond acceptors (Lipinski definition) is 2. The van der Waals surface area contributed by atoms with Gasteiger partial charge in [-0.2, -0.15) is 0 Å². The lowest BCUT2D eigenvalue weighted by Gasteiger charge is -2.52. The van der Waals surface area contributed by atoms with Crippen molar-refractivity contribution >= 4 is 0 Å². The molecule has 0 aromatic heterocycles. The van der Waals surface area contributed by atoms with E-state index >= 15 is 0 Å². The third kappa shape index (κ3) is 3.95. The fourth-order valence-corrected chi connectivity index (χ4v) is 4.00. The van der Waals surface area contributed by atoms with Crippen molar-refractivity contribution in [3.8, 4) is 0 Å². The summed E-state index contributed by atoms with van der Waals surface area (Å²) in [6, 6.07) is 0.735. The van der Waals surface area contributed by atoms with E-state index in [-0.39, 0.29) is 0 Å². The predicted octanol–water partition coefficient (Wildman–Crippen LogP) is 3.95. The third-order valence-corrected chi connectivity index (χ3v) is 5.39. The van der Waals surface area contributed by atoms with Gasteiger partial charge >= 0.3 is 0 Å². The SMILES string of the molecule is CCCCCCN1CC(CC)NCC12CCCCC2. The Morgan fingerprint density at radius 2 is 1.84 bits per heavy atom. The molecule has 1 N–H and O–H groups in total. The summed E-state index contributed by atoms with van der Waals surface area (Å²) in [6.07, 6.45) is 14.1. The summed E-state index contributed by atoms with van der Waals surface area (Å²) in [7, 11) is 0. The molecule has 0 radical (unpaired) electrons. The molecular weight excluding hydrogens is 232 g/mol. The summed E-state index contributed by atoms with van der Waals surface area (Å²) in [5.41, 5.74) is 0.524. The Morgan fingerprint density at radius 3 is 2.53 bits per heavy atom. The van der Waals surface area contributed by atoms with Crippen LogP contribution in [0.25, 0.3) is 0 Å². The maximum Gasteiger partial charge on any atom is 0.0334 e. The minimum Gasteiger partial charge on any atom is -0.311 e. The third-order valence-electron chi connectivity index (χ3n) is 5.39. The lowest BCUT2D eigenvalue weighted by molar-refractivity contribution is 0.00811. The number of rotatable bonds is 6. The molecule has 1 saturated heterocycles. The van der Waals surface area contributed by atoms with Gasteiger partial charge in [0.1, 0.15) is 0 Å². The van der Waals surface area contributed by atoms with Gasteiger partial charge in [0.15, 0.2) is 0 Å². The van der Waals surface area contributed by atoms with Gasteiger partial charge in [0.05, 0.1) is 0 Å². The van der Waals surface area contributed by atoms with Crippen LogP contribution >= 0.6 is 0 Å². The maximum absolute atomic E-state index is 3.82. The monoisotopic (exact) mass is 266 g/mol. The van der Waals surface area contributed by atoms with Gasteiger partial charge in [0.2, 0.25) is 0 Å². The Kier molecular flexibility index (Phi) is 6.15. The van der Waals surface area contributed by atoms with Gasteiger partial charge in [-0.25, -0.2) is 0 Å². The van der Waals surface area contributed by atoms with Crippen molar-refractivity contribution in [1.29, 1.82) is 0 Å². The van der Waals surface area contributed by atoms with Crippen molar-refractivity contribution in [1.82, 2.24) is 10.2 Å². The summed E-state index contributed by atoms with van der Waals surface area (Å²) < 4.78 is 0. The van der Waals surface area contributed by atoms with Crippen LogP contribution in [0.5, 0.6) is 0 Å². The summed E-state index contributed by atoms with van der Waals surface area (Å²) in [4.78, 5) is 2.88. The smallest absolute Gasteiger partial charge is 0.0334 e. The largest absolute Gasteiger partial charge is 0.311 e. The molecule has 0 amide bonds. The lowest BCUT2D eigenvalue weighted by Crippen LogP contribution is -2.65. The molecule has 1 aliphatic heterocycles. The van der Waals surface area contributed by atoms with Crippen LogP contribution in [-0.4, -0.2) is 36.1 Å². The highest BCUT2D eigenvalue weighted by atomic mass is 15.3. The van der Waals surface area contributed by atoms with Gasteiger partial charge in [-0.3, -0.25) is 4.90 Å². The molecule has 0 aromatic carbocycles. The molecule has 19 heavy (non-hydrogen) atoms. The molecule has 0 aromatic rings. The van der Waals surface area contributed by atoms with E-state index in [4.69, 9.17) is 0 Å². The van der Waals surface area contributed by atoms with Crippen molar-refractivity contribution in [2.24, 2.45) is 0 Å². The van der Waals surface area contributed by atoms with Crippen molar-refractivity contribution in [2.75, 3.05) is 19.6 Å². The van der Waals surface area contributed by atoms with Gasteiger partial charge < -0.3 is 5.32 Å². The number of nitrogens with one attached hydrogen (secondary N) is 1. The number of unbranched alkanes of at least 4 members (excludes halogenated alkanes) is 3. The molecule has 1 aliphatic carbocycles. The van der Waals surface area contributed by atoms with E-state index in [1.807, 2.05) is 0 Å². The van der Waals surface area contributed by atoms with Crippen molar-refractivity contribution in [3.63, 3.8) is 0 Å².